The number of hydrogen-bond acceptors (Lipinski definition) is 3. The summed E-state index contributed by atoms with van der Waals surface area (Å²) in [4.78, 5) is 15.7. The summed E-state index contributed by atoms with van der Waals surface area (Å²) < 4.78 is 13.2. The van der Waals surface area contributed by atoms with Crippen molar-refractivity contribution >= 4 is 12.0 Å². The van der Waals surface area contributed by atoms with Gasteiger partial charge in [-0.25, -0.2) is 4.39 Å². The van der Waals surface area contributed by atoms with Crippen LogP contribution in [0.3, 0.4) is 0 Å². The molecule has 1 fully saturated rings. The van der Waals surface area contributed by atoms with Crippen molar-refractivity contribution in [2.24, 2.45) is 0 Å². The molecule has 0 saturated carbocycles. The van der Waals surface area contributed by atoms with Gasteiger partial charge in [-0.3, -0.25) is 4.79 Å². The molecule has 0 radical (unpaired) electrons. The maximum Gasteiger partial charge on any atom is 0.152 e. The van der Waals surface area contributed by atoms with Gasteiger partial charge in [0.15, 0.2) is 6.29 Å². The van der Waals surface area contributed by atoms with Crippen LogP contribution in [-0.4, -0.2) is 43.9 Å². The van der Waals surface area contributed by atoms with Crippen molar-refractivity contribution in [2.45, 2.75) is 25.8 Å². The van der Waals surface area contributed by atoms with E-state index < -0.39 is 0 Å². The van der Waals surface area contributed by atoms with Gasteiger partial charge < -0.3 is 9.80 Å². The van der Waals surface area contributed by atoms with Gasteiger partial charge in [0.25, 0.3) is 0 Å². The molecule has 104 valence electrons. The van der Waals surface area contributed by atoms with Crippen LogP contribution in [0.2, 0.25) is 0 Å². The van der Waals surface area contributed by atoms with Crippen LogP contribution in [0.25, 0.3) is 0 Å². The molecule has 2 rings (SSSR count). The lowest BCUT2D eigenvalue weighted by atomic mass is 10.1. The molecule has 0 aliphatic carbocycles. The van der Waals surface area contributed by atoms with E-state index >= 15 is 0 Å². The summed E-state index contributed by atoms with van der Waals surface area (Å²) >= 11 is 0. The van der Waals surface area contributed by atoms with E-state index in [4.69, 9.17) is 0 Å². The van der Waals surface area contributed by atoms with Crippen molar-refractivity contribution in [1.82, 2.24) is 4.90 Å². The molecule has 3 nitrogen and oxygen atoms in total. The van der Waals surface area contributed by atoms with E-state index in [2.05, 4.69) is 23.8 Å². The highest BCUT2D eigenvalue weighted by Crippen LogP contribution is 2.25. The number of likely N-dealkylation sites (N-methyl/N-ethyl adjacent to an activating group) is 1. The first kappa shape index (κ1) is 14.0. The molecule has 0 spiro atoms. The largest absolute Gasteiger partial charge is 0.367 e. The van der Waals surface area contributed by atoms with E-state index in [-0.39, 0.29) is 5.82 Å². The van der Waals surface area contributed by atoms with Crippen LogP contribution < -0.4 is 4.90 Å². The molecular formula is C15H21FN2O. The molecule has 1 aliphatic rings. The van der Waals surface area contributed by atoms with E-state index in [1.165, 1.54) is 12.1 Å². The normalized spacial score (nSPS) is 21.2. The lowest BCUT2D eigenvalue weighted by Gasteiger charge is -2.33. The van der Waals surface area contributed by atoms with E-state index in [1.807, 2.05) is 0 Å². The van der Waals surface area contributed by atoms with Gasteiger partial charge in [-0.05, 0) is 44.6 Å². The Bertz CT molecular complexity index is 450. The molecule has 1 atom stereocenters. The van der Waals surface area contributed by atoms with Gasteiger partial charge in [0.2, 0.25) is 0 Å². The number of benzene rings is 1. The van der Waals surface area contributed by atoms with Crippen molar-refractivity contribution in [1.29, 1.82) is 0 Å². The number of carbonyl (C=O) groups is 1. The van der Waals surface area contributed by atoms with E-state index in [0.29, 0.717) is 11.6 Å². The van der Waals surface area contributed by atoms with Crippen LogP contribution in [0.1, 0.15) is 30.1 Å². The topological polar surface area (TPSA) is 23.6 Å². The minimum absolute atomic E-state index is 0.356. The standard InChI is InChI=1S/C15H21FN2O/c1-3-14-10-17(2)7-4-8-18(14)15-6-5-13(16)9-12(15)11-19/h5-6,9,11,14H,3-4,7-8,10H2,1-2H3. The molecule has 1 aliphatic heterocycles. The van der Waals surface area contributed by atoms with Crippen molar-refractivity contribution < 1.29 is 9.18 Å². The zero-order valence-electron chi connectivity index (χ0n) is 11.6. The third kappa shape index (κ3) is 3.13. The van der Waals surface area contributed by atoms with Crippen molar-refractivity contribution in [3.8, 4) is 0 Å². The molecule has 0 amide bonds. The Labute approximate surface area is 114 Å². The van der Waals surface area contributed by atoms with Gasteiger partial charge in [-0.2, -0.15) is 0 Å². The average molecular weight is 264 g/mol. The van der Waals surface area contributed by atoms with Gasteiger partial charge in [-0.15, -0.1) is 0 Å². The molecule has 1 heterocycles. The first-order valence-corrected chi connectivity index (χ1v) is 6.85. The summed E-state index contributed by atoms with van der Waals surface area (Å²) in [6.07, 6.45) is 2.82. The van der Waals surface area contributed by atoms with Crippen molar-refractivity contribution in [3.63, 3.8) is 0 Å². The average Bonchev–Trinajstić information content (AvgIpc) is 2.60. The highest BCUT2D eigenvalue weighted by atomic mass is 19.1. The van der Waals surface area contributed by atoms with Crippen molar-refractivity contribution in [2.75, 3.05) is 31.6 Å². The smallest absolute Gasteiger partial charge is 0.152 e. The molecule has 0 N–H and O–H groups in total. The Balaban J connectivity index is 2.34. The monoisotopic (exact) mass is 264 g/mol. The van der Waals surface area contributed by atoms with Crippen LogP contribution >= 0.6 is 0 Å². The number of hydrogen-bond donors (Lipinski definition) is 0. The Kier molecular flexibility index (Phi) is 4.53. The van der Waals surface area contributed by atoms with Gasteiger partial charge in [-0.1, -0.05) is 6.92 Å². The summed E-state index contributed by atoms with van der Waals surface area (Å²) in [5.74, 6) is -0.356. The minimum atomic E-state index is -0.356. The first-order chi connectivity index (χ1) is 9.15. The highest BCUT2D eigenvalue weighted by Gasteiger charge is 2.24. The predicted molar refractivity (Wildman–Crippen MR) is 75.3 cm³/mol. The minimum Gasteiger partial charge on any atom is -0.367 e. The van der Waals surface area contributed by atoms with Crippen LogP contribution in [0, 0.1) is 5.82 Å². The first-order valence-electron chi connectivity index (χ1n) is 6.85. The number of carbonyl (C=O) groups excluding carboxylic acids is 1. The fourth-order valence-electron chi connectivity index (χ4n) is 2.79. The van der Waals surface area contributed by atoms with Crippen molar-refractivity contribution in [3.05, 3.63) is 29.6 Å². The maximum absolute atomic E-state index is 13.2. The fraction of sp³-hybridized carbons (Fsp3) is 0.533. The van der Waals surface area contributed by atoms with Gasteiger partial charge in [0.05, 0.1) is 0 Å². The van der Waals surface area contributed by atoms with Gasteiger partial charge in [0.1, 0.15) is 5.82 Å². The van der Waals surface area contributed by atoms with Gasteiger partial charge in [0, 0.05) is 30.4 Å². The number of anilines is 1. The molecule has 1 aromatic carbocycles. The fourth-order valence-corrected chi connectivity index (χ4v) is 2.79. The van der Waals surface area contributed by atoms with Gasteiger partial charge >= 0.3 is 0 Å². The third-order valence-corrected chi connectivity index (χ3v) is 3.80. The molecule has 1 saturated heterocycles. The summed E-state index contributed by atoms with van der Waals surface area (Å²) in [5, 5.41) is 0. The van der Waals surface area contributed by atoms with E-state index in [9.17, 15) is 9.18 Å². The SMILES string of the molecule is CCC1CN(C)CCCN1c1ccc(F)cc1C=O. The van der Waals surface area contributed by atoms with Crippen LogP contribution in [0.4, 0.5) is 10.1 Å². The van der Waals surface area contributed by atoms with Crippen LogP contribution in [-0.2, 0) is 0 Å². The molecule has 1 aromatic rings. The summed E-state index contributed by atoms with van der Waals surface area (Å²) in [6, 6.07) is 4.86. The zero-order valence-corrected chi connectivity index (χ0v) is 11.6. The Morgan fingerprint density at radius 1 is 1.42 bits per heavy atom. The Morgan fingerprint density at radius 3 is 2.89 bits per heavy atom. The summed E-state index contributed by atoms with van der Waals surface area (Å²) in [6.45, 7) is 5.10. The molecule has 0 aromatic heterocycles. The number of rotatable bonds is 3. The lowest BCUT2D eigenvalue weighted by molar-refractivity contribution is 0.112. The molecule has 0 bridgehead atoms. The van der Waals surface area contributed by atoms with Crippen LogP contribution in [0.15, 0.2) is 18.2 Å². The van der Waals surface area contributed by atoms with E-state index in [1.54, 1.807) is 6.07 Å². The Morgan fingerprint density at radius 2 is 2.21 bits per heavy atom. The highest BCUT2D eigenvalue weighted by molar-refractivity contribution is 5.84. The second-order valence-corrected chi connectivity index (χ2v) is 5.19. The molecule has 4 heteroatoms. The second kappa shape index (κ2) is 6.15. The molecule has 19 heavy (non-hydrogen) atoms. The Hall–Kier alpha value is -1.42. The summed E-state index contributed by atoms with van der Waals surface area (Å²) in [7, 11) is 2.12. The predicted octanol–water partition coefficient (Wildman–Crippen LogP) is 2.56. The lowest BCUT2D eigenvalue weighted by Crippen LogP contribution is -2.40. The number of nitrogens with zero attached hydrogens (tertiary/aromatic N) is 2. The van der Waals surface area contributed by atoms with E-state index in [0.717, 1.165) is 44.4 Å². The van der Waals surface area contributed by atoms with Crippen LogP contribution in [0.5, 0.6) is 0 Å². The number of halogens is 1. The zero-order chi connectivity index (χ0) is 13.8. The quantitative estimate of drug-likeness (QED) is 0.784. The summed E-state index contributed by atoms with van der Waals surface area (Å²) in [5.41, 5.74) is 1.31. The molecule has 1 unspecified atom stereocenters. The maximum atomic E-state index is 13.2. The molecular weight excluding hydrogens is 243 g/mol. The second-order valence-electron chi connectivity index (χ2n) is 5.19. The third-order valence-electron chi connectivity index (χ3n) is 3.80. The number of aldehydes is 1.